The minimum atomic E-state index is -3.92. The van der Waals surface area contributed by atoms with Gasteiger partial charge in [0.1, 0.15) is 5.75 Å². The first-order chi connectivity index (χ1) is 9.98. The van der Waals surface area contributed by atoms with Gasteiger partial charge in [-0.2, -0.15) is 8.42 Å². The summed E-state index contributed by atoms with van der Waals surface area (Å²) in [5, 5.41) is 4.85. The zero-order valence-electron chi connectivity index (χ0n) is 11.7. The highest BCUT2D eigenvalue weighted by atomic mass is 32.2. The maximum atomic E-state index is 10.9. The molecule has 21 heavy (non-hydrogen) atoms. The lowest BCUT2D eigenvalue weighted by Crippen LogP contribution is -2.41. The summed E-state index contributed by atoms with van der Waals surface area (Å²) in [6.07, 6.45) is 4.03. The Kier molecular flexibility index (Phi) is 3.92. The van der Waals surface area contributed by atoms with Crippen molar-refractivity contribution >= 4 is 10.3 Å². The molecule has 1 aromatic carbocycles. The Morgan fingerprint density at radius 2 is 2.00 bits per heavy atom. The molecule has 0 bridgehead atoms. The van der Waals surface area contributed by atoms with Gasteiger partial charge in [0.15, 0.2) is 0 Å². The van der Waals surface area contributed by atoms with Gasteiger partial charge in [-0.3, -0.25) is 4.18 Å². The summed E-state index contributed by atoms with van der Waals surface area (Å²) in [4.78, 5) is 0. The molecule has 3 rings (SSSR count). The van der Waals surface area contributed by atoms with E-state index in [1.54, 1.807) is 0 Å². The van der Waals surface area contributed by atoms with E-state index < -0.39 is 16.1 Å². The van der Waals surface area contributed by atoms with Gasteiger partial charge in [0.25, 0.3) is 0 Å². The average molecular weight is 313 g/mol. The Hall–Kier alpha value is -1.15. The molecular weight excluding hydrogens is 294 g/mol. The molecule has 116 valence electrons. The van der Waals surface area contributed by atoms with Crippen LogP contribution in [-0.2, 0) is 19.2 Å². The summed E-state index contributed by atoms with van der Waals surface area (Å²) < 4.78 is 38.5. The molecule has 1 unspecified atom stereocenters. The van der Waals surface area contributed by atoms with E-state index >= 15 is 0 Å². The second-order valence-corrected chi connectivity index (χ2v) is 6.69. The maximum absolute atomic E-state index is 10.9. The van der Waals surface area contributed by atoms with Crippen LogP contribution in [0.2, 0.25) is 0 Å². The quantitative estimate of drug-likeness (QED) is 0.918. The molecule has 1 spiro atoms. The lowest BCUT2D eigenvalue weighted by atomic mass is 10.0. The van der Waals surface area contributed by atoms with E-state index in [0.717, 1.165) is 37.0 Å². The van der Waals surface area contributed by atoms with Gasteiger partial charge < -0.3 is 9.47 Å². The molecule has 1 heterocycles. The predicted molar refractivity (Wildman–Crippen MR) is 75.8 cm³/mol. The van der Waals surface area contributed by atoms with E-state index in [9.17, 15) is 8.42 Å². The van der Waals surface area contributed by atoms with Crippen molar-refractivity contribution in [3.8, 4) is 5.75 Å². The van der Waals surface area contributed by atoms with Gasteiger partial charge in [-0.1, -0.05) is 18.2 Å². The number of fused-ring (bicyclic) bond motifs is 1. The number of hydrogen-bond acceptors (Lipinski definition) is 5. The average Bonchev–Trinajstić information content (AvgIpc) is 2.85. The van der Waals surface area contributed by atoms with Crippen molar-refractivity contribution in [3.05, 3.63) is 29.8 Å². The topological polar surface area (TPSA) is 87.9 Å². The molecule has 1 fully saturated rings. The molecular formula is C14H19NO5S. The maximum Gasteiger partial charge on any atom is 0.333 e. The van der Waals surface area contributed by atoms with E-state index in [-0.39, 0.29) is 12.7 Å². The van der Waals surface area contributed by atoms with E-state index in [4.69, 9.17) is 14.6 Å². The molecule has 0 aromatic heterocycles. The first-order valence-corrected chi connectivity index (χ1v) is 8.58. The predicted octanol–water partition coefficient (Wildman–Crippen LogP) is 2.02. The number of para-hydroxylation sites is 1. The monoisotopic (exact) mass is 313 g/mol. The highest BCUT2D eigenvalue weighted by molar-refractivity contribution is 7.84. The molecule has 2 aliphatic rings. The van der Waals surface area contributed by atoms with Gasteiger partial charge in [-0.15, -0.1) is 0 Å². The van der Waals surface area contributed by atoms with Crippen molar-refractivity contribution in [1.82, 2.24) is 0 Å². The molecule has 2 N–H and O–H groups in total. The highest BCUT2D eigenvalue weighted by Gasteiger charge is 2.43. The van der Waals surface area contributed by atoms with E-state index in [1.165, 1.54) is 0 Å². The lowest BCUT2D eigenvalue weighted by Gasteiger charge is -2.40. The van der Waals surface area contributed by atoms with Crippen LogP contribution in [0.25, 0.3) is 0 Å². The fraction of sp³-hybridized carbons (Fsp3) is 0.571. The molecule has 0 saturated heterocycles. The molecule has 1 saturated carbocycles. The van der Waals surface area contributed by atoms with Gasteiger partial charge >= 0.3 is 10.3 Å². The van der Waals surface area contributed by atoms with Crippen molar-refractivity contribution in [2.24, 2.45) is 5.14 Å². The minimum Gasteiger partial charge on any atom is -0.462 e. The Morgan fingerprint density at radius 3 is 2.71 bits per heavy atom. The number of ether oxygens (including phenoxy) is 2. The Balaban J connectivity index is 1.78. The van der Waals surface area contributed by atoms with Crippen molar-refractivity contribution < 1.29 is 22.1 Å². The van der Waals surface area contributed by atoms with Crippen LogP contribution in [0.4, 0.5) is 0 Å². The van der Waals surface area contributed by atoms with Crippen LogP contribution in [-0.4, -0.2) is 20.8 Å². The van der Waals surface area contributed by atoms with Gasteiger partial charge in [0.2, 0.25) is 5.79 Å². The largest absolute Gasteiger partial charge is 0.462 e. The van der Waals surface area contributed by atoms with Crippen LogP contribution >= 0.6 is 0 Å². The van der Waals surface area contributed by atoms with Crippen molar-refractivity contribution in [2.75, 3.05) is 6.61 Å². The molecule has 1 aliphatic heterocycles. The summed E-state index contributed by atoms with van der Waals surface area (Å²) in [5.74, 6) is 0.243. The number of nitrogens with two attached hydrogens (primary N) is 1. The molecule has 1 aromatic rings. The summed E-state index contributed by atoms with van der Waals surface area (Å²) in [6, 6.07) is 7.68. The zero-order valence-corrected chi connectivity index (χ0v) is 12.5. The van der Waals surface area contributed by atoms with Crippen LogP contribution in [0.15, 0.2) is 24.3 Å². The second-order valence-electron chi connectivity index (χ2n) is 5.47. The zero-order chi connectivity index (χ0) is 14.9. The Labute approximate surface area is 124 Å². The fourth-order valence-corrected chi connectivity index (χ4v) is 3.33. The van der Waals surface area contributed by atoms with Gasteiger partial charge in [-0.05, 0) is 18.9 Å². The van der Waals surface area contributed by atoms with Gasteiger partial charge in [-0.25, -0.2) is 5.14 Å². The number of benzene rings is 1. The molecule has 6 nitrogen and oxygen atoms in total. The normalized spacial score (nSPS) is 23.8. The molecule has 1 atom stereocenters. The highest BCUT2D eigenvalue weighted by Crippen LogP contribution is 2.46. The van der Waals surface area contributed by atoms with E-state index in [2.05, 4.69) is 4.18 Å². The lowest BCUT2D eigenvalue weighted by molar-refractivity contribution is -0.227. The molecule has 0 amide bonds. The third kappa shape index (κ3) is 3.37. The third-order valence-electron chi connectivity index (χ3n) is 3.91. The van der Waals surface area contributed by atoms with E-state index in [0.29, 0.717) is 6.42 Å². The Bertz CT molecular complexity index is 610. The Morgan fingerprint density at radius 1 is 1.29 bits per heavy atom. The first-order valence-electron chi connectivity index (χ1n) is 7.10. The van der Waals surface area contributed by atoms with Crippen molar-refractivity contribution in [3.63, 3.8) is 0 Å². The van der Waals surface area contributed by atoms with Crippen molar-refractivity contribution in [1.29, 1.82) is 0 Å². The van der Waals surface area contributed by atoms with Crippen molar-refractivity contribution in [2.45, 2.75) is 44.0 Å². The number of rotatable bonds is 4. The summed E-state index contributed by atoms with van der Waals surface area (Å²) >= 11 is 0. The van der Waals surface area contributed by atoms with Crippen LogP contribution in [0, 0.1) is 0 Å². The van der Waals surface area contributed by atoms with Gasteiger partial charge in [0, 0.05) is 24.8 Å². The first kappa shape index (κ1) is 14.8. The summed E-state index contributed by atoms with van der Waals surface area (Å²) in [7, 11) is -3.92. The minimum absolute atomic E-state index is 0.00604. The van der Waals surface area contributed by atoms with E-state index in [1.807, 2.05) is 24.3 Å². The SMILES string of the molecule is NS(=O)(=O)OCCC1OC2(CCCC2)Oc2ccccc21. The van der Waals surface area contributed by atoms with Crippen LogP contribution in [0.5, 0.6) is 5.75 Å². The van der Waals surface area contributed by atoms with Crippen LogP contribution < -0.4 is 9.88 Å². The summed E-state index contributed by atoms with van der Waals surface area (Å²) in [5.41, 5.74) is 0.924. The van der Waals surface area contributed by atoms with Crippen LogP contribution in [0.1, 0.15) is 43.8 Å². The third-order valence-corrected chi connectivity index (χ3v) is 4.41. The number of hydrogen-bond donors (Lipinski definition) is 1. The fourth-order valence-electron chi connectivity index (χ4n) is 3.01. The standard InChI is InChI=1S/C14H19NO5S/c15-21(16,17)18-10-7-13-11-5-1-2-6-12(11)19-14(20-13)8-3-4-9-14/h1-2,5-6,13H,3-4,7-10H2,(H2,15,16,17). The smallest absolute Gasteiger partial charge is 0.333 e. The molecule has 1 aliphatic carbocycles. The molecule has 0 radical (unpaired) electrons. The second kappa shape index (κ2) is 5.57. The van der Waals surface area contributed by atoms with Crippen LogP contribution in [0.3, 0.4) is 0 Å². The molecule has 7 heteroatoms. The van der Waals surface area contributed by atoms with Gasteiger partial charge in [0.05, 0.1) is 12.7 Å². The summed E-state index contributed by atoms with van der Waals surface area (Å²) in [6.45, 7) is -0.00604.